The Balaban J connectivity index is 1.62. The summed E-state index contributed by atoms with van der Waals surface area (Å²) in [6.45, 7) is 6.02. The molecule has 146 valence electrons. The molecule has 6 heteroatoms. The summed E-state index contributed by atoms with van der Waals surface area (Å²) in [5.74, 6) is 0.0150. The van der Waals surface area contributed by atoms with Crippen LogP contribution in [0.1, 0.15) is 39.3 Å². The van der Waals surface area contributed by atoms with E-state index in [0.717, 1.165) is 36.4 Å². The Labute approximate surface area is 169 Å². The van der Waals surface area contributed by atoms with Gasteiger partial charge in [0.25, 0.3) is 5.91 Å². The first-order valence-electron chi connectivity index (χ1n) is 9.67. The number of thiophene rings is 1. The Bertz CT molecular complexity index is 943. The van der Waals surface area contributed by atoms with Crippen LogP contribution in [0.5, 0.6) is 0 Å². The van der Waals surface area contributed by atoms with E-state index in [9.17, 15) is 4.79 Å². The van der Waals surface area contributed by atoms with Gasteiger partial charge in [-0.15, -0.1) is 11.3 Å². The van der Waals surface area contributed by atoms with Crippen molar-refractivity contribution >= 4 is 17.2 Å². The molecule has 0 radical (unpaired) electrons. The molecule has 3 heterocycles. The lowest BCUT2D eigenvalue weighted by molar-refractivity contribution is 0.0509. The van der Waals surface area contributed by atoms with E-state index in [-0.39, 0.29) is 12.0 Å². The highest BCUT2D eigenvalue weighted by Crippen LogP contribution is 2.22. The number of rotatable bonds is 6. The van der Waals surface area contributed by atoms with Crippen LogP contribution in [0, 0.1) is 13.8 Å². The van der Waals surface area contributed by atoms with Gasteiger partial charge in [-0.2, -0.15) is 5.10 Å². The summed E-state index contributed by atoms with van der Waals surface area (Å²) >= 11 is 1.67. The number of aryl methyl sites for hydroxylation is 1. The van der Waals surface area contributed by atoms with Gasteiger partial charge in [-0.1, -0.05) is 24.3 Å². The van der Waals surface area contributed by atoms with Gasteiger partial charge in [-0.3, -0.25) is 4.79 Å². The Morgan fingerprint density at radius 3 is 2.86 bits per heavy atom. The minimum absolute atomic E-state index is 0.0150. The standard InChI is InChI=1S/C22H25N3O2S/c1-16-7-3-4-10-21(16)25-17(2)20(13-23-25)22(26)24(14-18-8-5-11-27-18)15-19-9-6-12-28-19/h3-4,6-7,9-10,12-13,18H,5,8,11,14-15H2,1-2H3. The third-order valence-electron chi connectivity index (χ3n) is 5.25. The van der Waals surface area contributed by atoms with E-state index in [4.69, 9.17) is 4.74 Å². The molecule has 28 heavy (non-hydrogen) atoms. The van der Waals surface area contributed by atoms with Gasteiger partial charge in [0.15, 0.2) is 0 Å². The summed E-state index contributed by atoms with van der Waals surface area (Å²) in [6, 6.07) is 12.2. The Kier molecular flexibility index (Phi) is 5.59. The van der Waals surface area contributed by atoms with E-state index in [0.29, 0.717) is 18.7 Å². The summed E-state index contributed by atoms with van der Waals surface area (Å²) in [5, 5.41) is 6.57. The molecule has 1 unspecified atom stereocenters. The van der Waals surface area contributed by atoms with E-state index in [2.05, 4.69) is 24.2 Å². The van der Waals surface area contributed by atoms with Gasteiger partial charge in [0.2, 0.25) is 0 Å². The lowest BCUT2D eigenvalue weighted by Crippen LogP contribution is -2.37. The van der Waals surface area contributed by atoms with Crippen molar-refractivity contribution in [2.45, 2.75) is 39.3 Å². The predicted molar refractivity (Wildman–Crippen MR) is 111 cm³/mol. The van der Waals surface area contributed by atoms with Gasteiger partial charge in [-0.05, 0) is 49.8 Å². The highest BCUT2D eigenvalue weighted by Gasteiger charge is 2.26. The topological polar surface area (TPSA) is 47.4 Å². The smallest absolute Gasteiger partial charge is 0.257 e. The molecule has 1 amide bonds. The number of para-hydroxylation sites is 1. The first-order valence-corrected chi connectivity index (χ1v) is 10.6. The zero-order valence-corrected chi connectivity index (χ0v) is 17.1. The number of carbonyl (C=O) groups excluding carboxylic acids is 1. The maximum atomic E-state index is 13.4. The summed E-state index contributed by atoms with van der Waals surface area (Å²) in [6.07, 6.45) is 3.89. The fourth-order valence-corrected chi connectivity index (χ4v) is 4.40. The van der Waals surface area contributed by atoms with Crippen molar-refractivity contribution < 1.29 is 9.53 Å². The van der Waals surface area contributed by atoms with E-state index in [1.807, 2.05) is 46.2 Å². The Morgan fingerprint density at radius 1 is 1.29 bits per heavy atom. The molecule has 1 fully saturated rings. The first kappa shape index (κ1) is 18.9. The molecule has 1 atom stereocenters. The van der Waals surface area contributed by atoms with E-state index < -0.39 is 0 Å². The second kappa shape index (κ2) is 8.29. The summed E-state index contributed by atoms with van der Waals surface area (Å²) < 4.78 is 7.66. The van der Waals surface area contributed by atoms with Crippen LogP contribution in [-0.4, -0.2) is 39.8 Å². The summed E-state index contributed by atoms with van der Waals surface area (Å²) in [5.41, 5.74) is 3.64. The SMILES string of the molecule is Cc1ccccc1-n1ncc(C(=O)N(Cc2cccs2)CC2CCCO2)c1C. The normalized spacial score (nSPS) is 16.4. The molecule has 1 saturated heterocycles. The number of amides is 1. The number of carbonyl (C=O) groups is 1. The third kappa shape index (κ3) is 3.88. The van der Waals surface area contributed by atoms with Crippen LogP contribution >= 0.6 is 11.3 Å². The quantitative estimate of drug-likeness (QED) is 0.623. The monoisotopic (exact) mass is 395 g/mol. The van der Waals surface area contributed by atoms with Crippen LogP contribution in [0.15, 0.2) is 48.0 Å². The number of hydrogen-bond acceptors (Lipinski definition) is 4. The molecule has 1 aliphatic rings. The van der Waals surface area contributed by atoms with Crippen molar-refractivity contribution in [1.82, 2.24) is 14.7 Å². The minimum atomic E-state index is 0.0150. The van der Waals surface area contributed by atoms with Gasteiger partial charge in [0.1, 0.15) is 0 Å². The molecule has 0 saturated carbocycles. The zero-order valence-electron chi connectivity index (χ0n) is 16.3. The molecular weight excluding hydrogens is 370 g/mol. The summed E-state index contributed by atoms with van der Waals surface area (Å²) in [7, 11) is 0. The van der Waals surface area contributed by atoms with Crippen molar-refractivity contribution in [3.63, 3.8) is 0 Å². The highest BCUT2D eigenvalue weighted by atomic mass is 32.1. The molecule has 0 spiro atoms. The van der Waals surface area contributed by atoms with Gasteiger partial charge >= 0.3 is 0 Å². The number of hydrogen-bond donors (Lipinski definition) is 0. The van der Waals surface area contributed by atoms with Crippen LogP contribution in [0.25, 0.3) is 5.69 Å². The van der Waals surface area contributed by atoms with Gasteiger partial charge in [-0.25, -0.2) is 4.68 Å². The van der Waals surface area contributed by atoms with E-state index >= 15 is 0 Å². The first-order chi connectivity index (χ1) is 13.6. The lowest BCUT2D eigenvalue weighted by atomic mass is 10.1. The average molecular weight is 396 g/mol. The van der Waals surface area contributed by atoms with Crippen molar-refractivity contribution in [2.75, 3.05) is 13.2 Å². The van der Waals surface area contributed by atoms with Crippen molar-refractivity contribution in [2.24, 2.45) is 0 Å². The molecular formula is C22H25N3O2S. The van der Waals surface area contributed by atoms with Gasteiger partial charge < -0.3 is 9.64 Å². The molecule has 1 aliphatic heterocycles. The van der Waals surface area contributed by atoms with Crippen LogP contribution < -0.4 is 0 Å². The predicted octanol–water partition coefficient (Wildman–Crippen LogP) is 4.37. The molecule has 0 aliphatic carbocycles. The number of benzene rings is 1. The van der Waals surface area contributed by atoms with Crippen molar-refractivity contribution in [3.05, 3.63) is 69.7 Å². The molecule has 1 aromatic carbocycles. The van der Waals surface area contributed by atoms with E-state index in [1.54, 1.807) is 17.5 Å². The maximum absolute atomic E-state index is 13.4. The zero-order chi connectivity index (χ0) is 19.5. The summed E-state index contributed by atoms with van der Waals surface area (Å²) in [4.78, 5) is 16.5. The molecule has 3 aromatic rings. The van der Waals surface area contributed by atoms with Crippen molar-refractivity contribution in [1.29, 1.82) is 0 Å². The number of nitrogens with zero attached hydrogens (tertiary/aromatic N) is 3. The second-order valence-corrected chi connectivity index (χ2v) is 8.27. The van der Waals surface area contributed by atoms with Gasteiger partial charge in [0, 0.05) is 18.0 Å². The van der Waals surface area contributed by atoms with Crippen LogP contribution in [0.3, 0.4) is 0 Å². The van der Waals surface area contributed by atoms with Crippen LogP contribution in [0.4, 0.5) is 0 Å². The molecule has 2 aromatic heterocycles. The Hall–Kier alpha value is -2.44. The molecule has 4 rings (SSSR count). The molecule has 0 N–H and O–H groups in total. The lowest BCUT2D eigenvalue weighted by Gasteiger charge is -2.25. The highest BCUT2D eigenvalue weighted by molar-refractivity contribution is 7.09. The fraction of sp³-hybridized carbons (Fsp3) is 0.364. The van der Waals surface area contributed by atoms with Crippen molar-refractivity contribution in [3.8, 4) is 5.69 Å². The van der Waals surface area contributed by atoms with Crippen LogP contribution in [-0.2, 0) is 11.3 Å². The van der Waals surface area contributed by atoms with E-state index in [1.165, 1.54) is 4.88 Å². The van der Waals surface area contributed by atoms with Gasteiger partial charge in [0.05, 0.1) is 35.8 Å². The number of ether oxygens (including phenoxy) is 1. The maximum Gasteiger partial charge on any atom is 0.257 e. The van der Waals surface area contributed by atoms with Crippen LogP contribution in [0.2, 0.25) is 0 Å². The number of aromatic nitrogens is 2. The largest absolute Gasteiger partial charge is 0.376 e. The minimum Gasteiger partial charge on any atom is -0.376 e. The molecule has 5 nitrogen and oxygen atoms in total. The third-order valence-corrected chi connectivity index (χ3v) is 6.11. The fourth-order valence-electron chi connectivity index (χ4n) is 3.68. The average Bonchev–Trinajstić information content (AvgIpc) is 3.44. The Morgan fingerprint density at radius 2 is 2.14 bits per heavy atom. The molecule has 0 bridgehead atoms. The second-order valence-electron chi connectivity index (χ2n) is 7.24.